The van der Waals surface area contributed by atoms with Crippen molar-refractivity contribution in [3.63, 3.8) is 0 Å². The summed E-state index contributed by atoms with van der Waals surface area (Å²) in [6.45, 7) is 6.51. The van der Waals surface area contributed by atoms with Crippen molar-refractivity contribution in [2.75, 3.05) is 5.32 Å². The molecule has 0 fully saturated rings. The van der Waals surface area contributed by atoms with Gasteiger partial charge in [-0.2, -0.15) is 0 Å². The lowest BCUT2D eigenvalue weighted by Crippen LogP contribution is -2.15. The molecule has 1 N–H and O–H groups in total. The lowest BCUT2D eigenvalue weighted by atomic mass is 10.1. The number of nitrogens with one attached hydrogen (secondary N) is 1. The molecule has 3 heteroatoms. The molecule has 0 heterocycles. The Hall–Kier alpha value is -0.210. The van der Waals surface area contributed by atoms with Crippen LogP contribution in [0.25, 0.3) is 0 Å². The van der Waals surface area contributed by atoms with Gasteiger partial charge in [-0.1, -0.05) is 50.6 Å². The van der Waals surface area contributed by atoms with Crippen LogP contribution in [0.1, 0.15) is 57.9 Å². The Kier molecular flexibility index (Phi) is 7.86. The highest BCUT2D eigenvalue weighted by Crippen LogP contribution is 2.30. The molecule has 0 aliphatic rings. The zero-order chi connectivity index (χ0) is 14.3. The molecule has 0 aromatic heterocycles. The van der Waals surface area contributed by atoms with Gasteiger partial charge in [0.05, 0.1) is 5.69 Å². The summed E-state index contributed by atoms with van der Waals surface area (Å²) in [5, 5.41) is 4.36. The van der Waals surface area contributed by atoms with Gasteiger partial charge in [-0.25, -0.2) is 0 Å². The Bertz CT molecular complexity index is 393. The highest BCUT2D eigenvalue weighted by molar-refractivity contribution is 9.10. The maximum Gasteiger partial charge on any atom is 0.0501 e. The van der Waals surface area contributed by atoms with E-state index in [2.05, 4.69) is 41.2 Å². The van der Waals surface area contributed by atoms with E-state index < -0.39 is 0 Å². The van der Waals surface area contributed by atoms with Gasteiger partial charge in [0.15, 0.2) is 0 Å². The highest BCUT2D eigenvalue weighted by atomic mass is 79.9. The summed E-state index contributed by atoms with van der Waals surface area (Å²) >= 11 is 9.76. The molecule has 19 heavy (non-hydrogen) atoms. The molecule has 0 bridgehead atoms. The lowest BCUT2D eigenvalue weighted by Gasteiger charge is -2.17. The van der Waals surface area contributed by atoms with Crippen molar-refractivity contribution < 1.29 is 0 Å². The van der Waals surface area contributed by atoms with Gasteiger partial charge in [-0.05, 0) is 53.9 Å². The summed E-state index contributed by atoms with van der Waals surface area (Å²) in [6, 6.07) is 4.56. The van der Waals surface area contributed by atoms with Crippen molar-refractivity contribution in [3.05, 3.63) is 27.2 Å². The van der Waals surface area contributed by atoms with Crippen LogP contribution < -0.4 is 5.32 Å². The van der Waals surface area contributed by atoms with Crippen molar-refractivity contribution in [2.45, 2.75) is 65.3 Å². The van der Waals surface area contributed by atoms with Gasteiger partial charge in [0, 0.05) is 15.5 Å². The second-order valence-corrected chi connectivity index (χ2v) is 6.59. The normalized spacial score (nSPS) is 12.5. The van der Waals surface area contributed by atoms with E-state index in [9.17, 15) is 0 Å². The van der Waals surface area contributed by atoms with Crippen molar-refractivity contribution in [3.8, 4) is 0 Å². The molecule has 0 aliphatic carbocycles. The molecule has 0 amide bonds. The van der Waals surface area contributed by atoms with Gasteiger partial charge in [-0.15, -0.1) is 0 Å². The van der Waals surface area contributed by atoms with Crippen molar-refractivity contribution in [1.29, 1.82) is 0 Å². The average molecular weight is 347 g/mol. The van der Waals surface area contributed by atoms with E-state index in [-0.39, 0.29) is 0 Å². The smallest absolute Gasteiger partial charge is 0.0501 e. The minimum absolute atomic E-state index is 0.483. The Labute approximate surface area is 131 Å². The molecule has 108 valence electrons. The number of anilines is 1. The minimum Gasteiger partial charge on any atom is -0.382 e. The van der Waals surface area contributed by atoms with Gasteiger partial charge in [0.25, 0.3) is 0 Å². The lowest BCUT2D eigenvalue weighted by molar-refractivity contribution is 0.578. The third-order valence-electron chi connectivity index (χ3n) is 3.39. The fourth-order valence-electron chi connectivity index (χ4n) is 2.15. The Morgan fingerprint density at radius 3 is 2.58 bits per heavy atom. The quantitative estimate of drug-likeness (QED) is 0.525. The minimum atomic E-state index is 0.483. The maximum absolute atomic E-state index is 6.17. The zero-order valence-electron chi connectivity index (χ0n) is 12.2. The SMILES string of the molecule is CCCCCCCC(C)Nc1cc(Cl)c(C)cc1Br. The first-order valence-electron chi connectivity index (χ1n) is 7.26. The first-order valence-corrected chi connectivity index (χ1v) is 8.44. The van der Waals surface area contributed by atoms with Crippen LogP contribution >= 0.6 is 27.5 Å². The van der Waals surface area contributed by atoms with Crippen molar-refractivity contribution in [1.82, 2.24) is 0 Å². The first-order chi connectivity index (χ1) is 9.04. The molecule has 1 rings (SSSR count). The van der Waals surface area contributed by atoms with E-state index in [0.29, 0.717) is 6.04 Å². The number of unbranched alkanes of at least 4 members (excludes halogenated alkanes) is 4. The summed E-state index contributed by atoms with van der Waals surface area (Å²) < 4.78 is 1.09. The van der Waals surface area contributed by atoms with Crippen LogP contribution in [0.4, 0.5) is 5.69 Å². The largest absolute Gasteiger partial charge is 0.382 e. The zero-order valence-corrected chi connectivity index (χ0v) is 14.6. The summed E-state index contributed by atoms with van der Waals surface area (Å²) in [5.74, 6) is 0. The summed E-state index contributed by atoms with van der Waals surface area (Å²) in [6.07, 6.45) is 7.88. The van der Waals surface area contributed by atoms with Gasteiger partial charge in [-0.3, -0.25) is 0 Å². The maximum atomic E-state index is 6.17. The number of hydrogen-bond acceptors (Lipinski definition) is 1. The molecule has 1 aromatic carbocycles. The Morgan fingerprint density at radius 2 is 1.89 bits per heavy atom. The number of benzene rings is 1. The van der Waals surface area contributed by atoms with Gasteiger partial charge in [0.1, 0.15) is 0 Å². The molecular formula is C16H25BrClN. The number of halogens is 2. The number of aryl methyl sites for hydroxylation is 1. The molecule has 0 saturated carbocycles. The first kappa shape index (κ1) is 16.8. The molecule has 0 spiro atoms. The van der Waals surface area contributed by atoms with Gasteiger partial charge in [0.2, 0.25) is 0 Å². The fraction of sp³-hybridized carbons (Fsp3) is 0.625. The predicted molar refractivity (Wildman–Crippen MR) is 90.3 cm³/mol. The molecule has 0 saturated heterocycles. The highest BCUT2D eigenvalue weighted by Gasteiger charge is 2.07. The fourth-order valence-corrected chi connectivity index (χ4v) is 2.88. The third kappa shape index (κ3) is 6.18. The van der Waals surface area contributed by atoms with Gasteiger partial charge >= 0.3 is 0 Å². The van der Waals surface area contributed by atoms with Crippen LogP contribution in [-0.4, -0.2) is 6.04 Å². The Morgan fingerprint density at radius 1 is 1.21 bits per heavy atom. The van der Waals surface area contributed by atoms with Crippen molar-refractivity contribution in [2.24, 2.45) is 0 Å². The Balaban J connectivity index is 2.40. The van der Waals surface area contributed by atoms with E-state index in [1.165, 1.54) is 38.5 Å². The summed E-state index contributed by atoms with van der Waals surface area (Å²) in [5.41, 5.74) is 2.20. The van der Waals surface area contributed by atoms with Crippen LogP contribution in [0.5, 0.6) is 0 Å². The van der Waals surface area contributed by atoms with Crippen LogP contribution in [0.2, 0.25) is 5.02 Å². The number of rotatable bonds is 8. The van der Waals surface area contributed by atoms with E-state index in [1.807, 2.05) is 13.0 Å². The van der Waals surface area contributed by atoms with Gasteiger partial charge < -0.3 is 5.32 Å². The second kappa shape index (κ2) is 8.86. The predicted octanol–water partition coefficient (Wildman–Crippen LogP) is 6.57. The van der Waals surface area contributed by atoms with Crippen LogP contribution in [0.3, 0.4) is 0 Å². The van der Waals surface area contributed by atoms with Crippen molar-refractivity contribution >= 4 is 33.2 Å². The standard InChI is InChI=1S/C16H25BrClN/c1-4-5-6-7-8-9-13(3)19-16-11-15(18)12(2)10-14(16)17/h10-11,13,19H,4-9H2,1-3H3. The molecular weight excluding hydrogens is 322 g/mol. The molecule has 0 aliphatic heterocycles. The second-order valence-electron chi connectivity index (χ2n) is 5.33. The van der Waals surface area contributed by atoms with E-state index in [4.69, 9.17) is 11.6 Å². The summed E-state index contributed by atoms with van der Waals surface area (Å²) in [7, 11) is 0. The molecule has 1 atom stereocenters. The molecule has 0 radical (unpaired) electrons. The molecule has 1 nitrogen and oxygen atoms in total. The monoisotopic (exact) mass is 345 g/mol. The van der Waals surface area contributed by atoms with E-state index in [1.54, 1.807) is 0 Å². The number of hydrogen-bond donors (Lipinski definition) is 1. The molecule has 1 aromatic rings. The van der Waals surface area contributed by atoms with Crippen LogP contribution in [0, 0.1) is 6.92 Å². The van der Waals surface area contributed by atoms with E-state index in [0.717, 1.165) is 20.7 Å². The average Bonchev–Trinajstić information content (AvgIpc) is 2.35. The third-order valence-corrected chi connectivity index (χ3v) is 4.45. The van der Waals surface area contributed by atoms with Crippen LogP contribution in [0.15, 0.2) is 16.6 Å². The van der Waals surface area contributed by atoms with E-state index >= 15 is 0 Å². The topological polar surface area (TPSA) is 12.0 Å². The molecule has 1 unspecified atom stereocenters. The summed E-state index contributed by atoms with van der Waals surface area (Å²) in [4.78, 5) is 0. The van der Waals surface area contributed by atoms with Crippen LogP contribution in [-0.2, 0) is 0 Å².